The summed E-state index contributed by atoms with van der Waals surface area (Å²) in [4.78, 5) is 0. The minimum atomic E-state index is -1.18. The molecule has 2 aromatic rings. The smallest absolute Gasteiger partial charge is 0.109 e. The fourth-order valence-electron chi connectivity index (χ4n) is 3.40. The van der Waals surface area contributed by atoms with E-state index in [2.05, 4.69) is 61.6 Å². The monoisotopic (exact) mass is 309 g/mol. The first-order chi connectivity index (χ1) is 10.8. The van der Waals surface area contributed by atoms with Crippen LogP contribution in [0.2, 0.25) is 0 Å². The number of hydrogen-bond acceptors (Lipinski definition) is 1. The highest BCUT2D eigenvalue weighted by molar-refractivity contribution is 5.60. The van der Waals surface area contributed by atoms with E-state index >= 15 is 0 Å². The number of aryl methyl sites for hydroxylation is 2. The van der Waals surface area contributed by atoms with Crippen LogP contribution in [0.4, 0.5) is 4.39 Å². The van der Waals surface area contributed by atoms with Gasteiger partial charge in [-0.3, -0.25) is 0 Å². The van der Waals surface area contributed by atoms with Gasteiger partial charge in [-0.2, -0.15) is 0 Å². The van der Waals surface area contributed by atoms with Gasteiger partial charge in [0.2, 0.25) is 0 Å². The highest BCUT2D eigenvalue weighted by Crippen LogP contribution is 2.31. The number of nitrogens with one attached hydrogen (secondary N) is 1. The molecule has 0 amide bonds. The predicted molar refractivity (Wildman–Crippen MR) is 95.3 cm³/mol. The maximum Gasteiger partial charge on any atom is 0.109 e. The van der Waals surface area contributed by atoms with Gasteiger partial charge < -0.3 is 5.32 Å². The number of fused-ring (bicyclic) bond motifs is 1. The summed E-state index contributed by atoms with van der Waals surface area (Å²) in [7, 11) is 0. The average molecular weight is 309 g/mol. The van der Waals surface area contributed by atoms with E-state index < -0.39 is 5.67 Å². The Kier molecular flexibility index (Phi) is 4.01. The van der Waals surface area contributed by atoms with Crippen LogP contribution in [0, 0.1) is 13.8 Å². The molecule has 0 fully saturated rings. The second kappa shape index (κ2) is 5.84. The summed E-state index contributed by atoms with van der Waals surface area (Å²) in [6.45, 7) is 7.51. The van der Waals surface area contributed by atoms with Crippen molar-refractivity contribution in [3.8, 4) is 0 Å². The molecule has 0 bridgehead atoms. The highest BCUT2D eigenvalue weighted by atomic mass is 19.1. The Morgan fingerprint density at radius 1 is 1.04 bits per heavy atom. The van der Waals surface area contributed by atoms with Crippen LogP contribution in [0.15, 0.2) is 42.6 Å². The highest BCUT2D eigenvalue weighted by Gasteiger charge is 2.21. The van der Waals surface area contributed by atoms with Crippen molar-refractivity contribution in [2.24, 2.45) is 0 Å². The molecule has 0 radical (unpaired) electrons. The van der Waals surface area contributed by atoms with Gasteiger partial charge in [0.25, 0.3) is 0 Å². The molecule has 1 unspecified atom stereocenters. The molecule has 23 heavy (non-hydrogen) atoms. The lowest BCUT2D eigenvalue weighted by atomic mass is 9.88. The first-order valence-corrected chi connectivity index (χ1v) is 8.14. The second-order valence-electron chi connectivity index (χ2n) is 7.21. The molecule has 0 aliphatic carbocycles. The third kappa shape index (κ3) is 3.64. The number of halogens is 1. The van der Waals surface area contributed by atoms with Crippen LogP contribution >= 0.6 is 0 Å². The Morgan fingerprint density at radius 3 is 2.39 bits per heavy atom. The lowest BCUT2D eigenvalue weighted by Gasteiger charge is -2.26. The molecule has 0 saturated heterocycles. The van der Waals surface area contributed by atoms with E-state index in [0.29, 0.717) is 6.42 Å². The number of hydrogen-bond donors (Lipinski definition) is 1. The largest absolute Gasteiger partial charge is 0.380 e. The number of rotatable bonds is 3. The quantitative estimate of drug-likeness (QED) is 0.815. The molecule has 2 aromatic carbocycles. The zero-order chi connectivity index (χ0) is 16.6. The van der Waals surface area contributed by atoms with Gasteiger partial charge in [-0.25, -0.2) is 4.39 Å². The number of benzene rings is 2. The molecule has 1 N–H and O–H groups in total. The van der Waals surface area contributed by atoms with Crippen molar-refractivity contribution in [1.82, 2.24) is 5.32 Å². The van der Waals surface area contributed by atoms with Crippen molar-refractivity contribution in [2.75, 3.05) is 0 Å². The summed E-state index contributed by atoms with van der Waals surface area (Å²) >= 11 is 0. The minimum absolute atomic E-state index is 0.154. The lowest BCUT2D eigenvalue weighted by Crippen LogP contribution is -2.22. The fraction of sp³-hybridized carbons (Fsp3) is 0.333. The van der Waals surface area contributed by atoms with Gasteiger partial charge in [-0.1, -0.05) is 47.5 Å². The average Bonchev–Trinajstić information content (AvgIpc) is 2.43. The zero-order valence-electron chi connectivity index (χ0n) is 14.3. The lowest BCUT2D eigenvalue weighted by molar-refractivity contribution is 0.217. The van der Waals surface area contributed by atoms with Gasteiger partial charge in [0.15, 0.2) is 0 Å². The molecule has 0 spiro atoms. The molecule has 1 aliphatic rings. The Bertz CT molecular complexity index is 733. The van der Waals surface area contributed by atoms with Gasteiger partial charge in [-0.05, 0) is 62.2 Å². The molecular formula is C21H24FN. The van der Waals surface area contributed by atoms with Crippen LogP contribution < -0.4 is 5.32 Å². The van der Waals surface area contributed by atoms with E-state index in [1.807, 2.05) is 6.20 Å². The first-order valence-electron chi connectivity index (χ1n) is 8.14. The SMILES string of the molecule is Cc1cc(C)cc(C2NC=Cc3cc(CC(C)(C)F)ccc32)c1. The van der Waals surface area contributed by atoms with E-state index in [1.165, 1.54) is 27.8 Å². The Hall–Kier alpha value is -2.09. The van der Waals surface area contributed by atoms with Gasteiger partial charge in [0.1, 0.15) is 5.67 Å². The first kappa shape index (κ1) is 15.8. The molecule has 120 valence electrons. The van der Waals surface area contributed by atoms with Crippen molar-refractivity contribution in [3.63, 3.8) is 0 Å². The van der Waals surface area contributed by atoms with Crippen LogP contribution in [0.3, 0.4) is 0 Å². The third-order valence-corrected chi connectivity index (χ3v) is 4.19. The maximum absolute atomic E-state index is 13.9. The van der Waals surface area contributed by atoms with Crippen LogP contribution in [0.5, 0.6) is 0 Å². The van der Waals surface area contributed by atoms with Crippen molar-refractivity contribution >= 4 is 6.08 Å². The van der Waals surface area contributed by atoms with E-state index in [1.54, 1.807) is 13.8 Å². The van der Waals surface area contributed by atoms with E-state index in [4.69, 9.17) is 0 Å². The number of alkyl halides is 1. The summed E-state index contributed by atoms with van der Waals surface area (Å²) in [5.74, 6) is 0. The second-order valence-corrected chi connectivity index (χ2v) is 7.21. The van der Waals surface area contributed by atoms with Gasteiger partial charge >= 0.3 is 0 Å². The minimum Gasteiger partial charge on any atom is -0.380 e. The molecule has 2 heteroatoms. The van der Waals surface area contributed by atoms with Crippen LogP contribution in [0.25, 0.3) is 6.08 Å². The van der Waals surface area contributed by atoms with Crippen molar-refractivity contribution < 1.29 is 4.39 Å². The van der Waals surface area contributed by atoms with Crippen LogP contribution in [-0.2, 0) is 6.42 Å². The fourth-order valence-corrected chi connectivity index (χ4v) is 3.40. The summed E-state index contributed by atoms with van der Waals surface area (Å²) in [5, 5.41) is 3.46. The molecule has 1 nitrogen and oxygen atoms in total. The standard InChI is InChI=1S/C21H24FN/c1-14-9-15(2)11-18(10-14)20-19-6-5-16(13-21(3,4)22)12-17(19)7-8-23-20/h5-12,20,23H,13H2,1-4H3. The Balaban J connectivity index is 1.98. The summed E-state index contributed by atoms with van der Waals surface area (Å²) in [6, 6.07) is 13.1. The Morgan fingerprint density at radius 2 is 1.74 bits per heavy atom. The summed E-state index contributed by atoms with van der Waals surface area (Å²) in [5.41, 5.74) is 6.10. The van der Waals surface area contributed by atoms with Crippen molar-refractivity contribution in [2.45, 2.75) is 45.8 Å². The van der Waals surface area contributed by atoms with Gasteiger partial charge in [-0.15, -0.1) is 0 Å². The molecule has 1 heterocycles. The third-order valence-electron chi connectivity index (χ3n) is 4.19. The normalized spacial score (nSPS) is 16.8. The Labute approximate surface area is 138 Å². The molecular weight excluding hydrogens is 285 g/mol. The summed E-state index contributed by atoms with van der Waals surface area (Å²) < 4.78 is 13.9. The van der Waals surface area contributed by atoms with Gasteiger partial charge in [0.05, 0.1) is 6.04 Å². The topological polar surface area (TPSA) is 12.0 Å². The molecule has 1 aliphatic heterocycles. The van der Waals surface area contributed by atoms with E-state index in [-0.39, 0.29) is 6.04 Å². The van der Waals surface area contributed by atoms with Crippen molar-refractivity contribution in [3.05, 3.63) is 76.0 Å². The van der Waals surface area contributed by atoms with Crippen molar-refractivity contribution in [1.29, 1.82) is 0 Å². The maximum atomic E-state index is 13.9. The predicted octanol–water partition coefficient (Wildman–Crippen LogP) is 5.26. The van der Waals surface area contributed by atoms with E-state index in [9.17, 15) is 4.39 Å². The van der Waals surface area contributed by atoms with E-state index in [0.717, 1.165) is 5.56 Å². The zero-order valence-corrected chi connectivity index (χ0v) is 14.3. The molecule has 3 rings (SSSR count). The molecule has 0 aromatic heterocycles. The molecule has 1 atom stereocenters. The van der Waals surface area contributed by atoms with Crippen LogP contribution in [0.1, 0.15) is 53.3 Å². The van der Waals surface area contributed by atoms with Gasteiger partial charge in [0, 0.05) is 6.42 Å². The van der Waals surface area contributed by atoms with Crippen LogP contribution in [-0.4, -0.2) is 5.67 Å². The summed E-state index contributed by atoms with van der Waals surface area (Å²) in [6.07, 6.45) is 4.51. The molecule has 0 saturated carbocycles.